The average molecular weight is 171 g/mol. The Hall–Kier alpha value is -1.77. The van der Waals surface area contributed by atoms with Crippen molar-refractivity contribution in [2.75, 3.05) is 0 Å². The van der Waals surface area contributed by atoms with Crippen molar-refractivity contribution in [1.29, 1.82) is 5.26 Å². The number of hydrogen-bond donors (Lipinski definition) is 1. The van der Waals surface area contributed by atoms with E-state index in [1.54, 1.807) is 31.2 Å². The highest BCUT2D eigenvalue weighted by molar-refractivity contribution is 5.34. The fraction of sp³-hybridized carbons (Fsp3) is 0.182. The van der Waals surface area contributed by atoms with Gasteiger partial charge in [-0.2, -0.15) is 5.26 Å². The third kappa shape index (κ3) is 2.33. The number of benzene rings is 1. The SMILES string of the molecule is CC#CC(O)c1ccc(C#N)cc1. The maximum absolute atomic E-state index is 9.43. The second-order valence-corrected chi connectivity index (χ2v) is 2.53. The van der Waals surface area contributed by atoms with Crippen LogP contribution in [0.2, 0.25) is 0 Å². The van der Waals surface area contributed by atoms with Crippen LogP contribution in [-0.4, -0.2) is 5.11 Å². The summed E-state index contributed by atoms with van der Waals surface area (Å²) in [6.45, 7) is 1.67. The fourth-order valence-corrected chi connectivity index (χ4v) is 0.960. The molecule has 0 aromatic heterocycles. The molecule has 13 heavy (non-hydrogen) atoms. The van der Waals surface area contributed by atoms with Gasteiger partial charge in [0.15, 0.2) is 0 Å². The van der Waals surface area contributed by atoms with E-state index in [2.05, 4.69) is 11.8 Å². The average Bonchev–Trinajstić information content (AvgIpc) is 2.18. The molecule has 0 saturated heterocycles. The molecule has 64 valence electrons. The summed E-state index contributed by atoms with van der Waals surface area (Å²) in [5.74, 6) is 5.25. The summed E-state index contributed by atoms with van der Waals surface area (Å²) in [5.41, 5.74) is 1.30. The van der Waals surface area contributed by atoms with E-state index in [9.17, 15) is 5.11 Å². The van der Waals surface area contributed by atoms with Crippen LogP contribution in [0.1, 0.15) is 24.2 Å². The molecule has 0 aliphatic heterocycles. The number of nitriles is 1. The van der Waals surface area contributed by atoms with E-state index in [1.165, 1.54) is 0 Å². The van der Waals surface area contributed by atoms with Crippen molar-refractivity contribution >= 4 is 0 Å². The van der Waals surface area contributed by atoms with E-state index >= 15 is 0 Å². The van der Waals surface area contributed by atoms with Gasteiger partial charge in [-0.15, -0.1) is 5.92 Å². The predicted octanol–water partition coefficient (Wildman–Crippen LogP) is 1.61. The first-order valence-corrected chi connectivity index (χ1v) is 3.88. The van der Waals surface area contributed by atoms with E-state index in [4.69, 9.17) is 5.26 Å². The number of aliphatic hydroxyl groups is 1. The monoisotopic (exact) mass is 171 g/mol. The van der Waals surface area contributed by atoms with Gasteiger partial charge in [0.2, 0.25) is 0 Å². The lowest BCUT2D eigenvalue weighted by molar-refractivity contribution is 0.238. The second-order valence-electron chi connectivity index (χ2n) is 2.53. The second kappa shape index (κ2) is 4.30. The van der Waals surface area contributed by atoms with Gasteiger partial charge in [-0.25, -0.2) is 0 Å². The van der Waals surface area contributed by atoms with Gasteiger partial charge >= 0.3 is 0 Å². The summed E-state index contributed by atoms with van der Waals surface area (Å²) >= 11 is 0. The molecule has 1 rings (SSSR count). The van der Waals surface area contributed by atoms with Crippen LogP contribution in [0.25, 0.3) is 0 Å². The molecular weight excluding hydrogens is 162 g/mol. The molecule has 0 aliphatic rings. The zero-order valence-corrected chi connectivity index (χ0v) is 7.28. The number of hydrogen-bond acceptors (Lipinski definition) is 2. The maximum atomic E-state index is 9.43. The molecule has 2 heteroatoms. The Morgan fingerprint density at radius 3 is 2.38 bits per heavy atom. The van der Waals surface area contributed by atoms with E-state index in [-0.39, 0.29) is 0 Å². The lowest BCUT2D eigenvalue weighted by atomic mass is 10.1. The molecule has 0 saturated carbocycles. The minimum absolute atomic E-state index is 0.584. The van der Waals surface area contributed by atoms with Crippen molar-refractivity contribution in [3.8, 4) is 17.9 Å². The number of aliphatic hydroxyl groups excluding tert-OH is 1. The summed E-state index contributed by atoms with van der Waals surface area (Å²) < 4.78 is 0. The van der Waals surface area contributed by atoms with Crippen LogP contribution in [0.15, 0.2) is 24.3 Å². The molecule has 0 bridgehead atoms. The third-order valence-electron chi connectivity index (χ3n) is 1.64. The Labute approximate surface area is 77.4 Å². The third-order valence-corrected chi connectivity index (χ3v) is 1.64. The van der Waals surface area contributed by atoms with Crippen molar-refractivity contribution in [1.82, 2.24) is 0 Å². The largest absolute Gasteiger partial charge is 0.376 e. The Morgan fingerprint density at radius 2 is 1.92 bits per heavy atom. The van der Waals surface area contributed by atoms with Gasteiger partial charge in [0.05, 0.1) is 11.6 Å². The minimum atomic E-state index is -0.752. The van der Waals surface area contributed by atoms with Crippen LogP contribution < -0.4 is 0 Å². The van der Waals surface area contributed by atoms with Gasteiger partial charge in [-0.05, 0) is 24.6 Å². The molecule has 1 aromatic carbocycles. The summed E-state index contributed by atoms with van der Waals surface area (Å²) in [4.78, 5) is 0. The molecule has 1 atom stereocenters. The molecule has 0 amide bonds. The summed E-state index contributed by atoms with van der Waals surface area (Å²) in [6, 6.07) is 8.74. The van der Waals surface area contributed by atoms with Crippen LogP contribution in [0.4, 0.5) is 0 Å². The van der Waals surface area contributed by atoms with Crippen LogP contribution >= 0.6 is 0 Å². The lowest BCUT2D eigenvalue weighted by Crippen LogP contribution is -1.92. The van der Waals surface area contributed by atoms with E-state index in [1.807, 2.05) is 6.07 Å². The topological polar surface area (TPSA) is 44.0 Å². The van der Waals surface area contributed by atoms with Crippen molar-refractivity contribution in [2.24, 2.45) is 0 Å². The minimum Gasteiger partial charge on any atom is -0.376 e. The highest BCUT2D eigenvalue weighted by Gasteiger charge is 2.01. The normalized spacial score (nSPS) is 10.8. The molecule has 0 aliphatic carbocycles. The van der Waals surface area contributed by atoms with Gasteiger partial charge in [-0.1, -0.05) is 18.1 Å². The van der Waals surface area contributed by atoms with Gasteiger partial charge in [0.1, 0.15) is 6.10 Å². The van der Waals surface area contributed by atoms with Crippen LogP contribution in [0.5, 0.6) is 0 Å². The van der Waals surface area contributed by atoms with E-state index in [0.29, 0.717) is 11.1 Å². The molecule has 2 nitrogen and oxygen atoms in total. The zero-order chi connectivity index (χ0) is 9.68. The Morgan fingerprint density at radius 1 is 1.31 bits per heavy atom. The van der Waals surface area contributed by atoms with Crippen molar-refractivity contribution in [3.05, 3.63) is 35.4 Å². The van der Waals surface area contributed by atoms with Crippen LogP contribution in [0.3, 0.4) is 0 Å². The smallest absolute Gasteiger partial charge is 0.140 e. The van der Waals surface area contributed by atoms with Crippen molar-refractivity contribution in [2.45, 2.75) is 13.0 Å². The van der Waals surface area contributed by atoms with Crippen LogP contribution in [-0.2, 0) is 0 Å². The first-order chi connectivity index (χ1) is 6.27. The molecule has 0 fully saturated rings. The quantitative estimate of drug-likeness (QED) is 0.652. The Bertz CT molecular complexity index is 375. The molecular formula is C11H9NO. The summed E-state index contributed by atoms with van der Waals surface area (Å²) in [7, 11) is 0. The van der Waals surface area contributed by atoms with Gasteiger partial charge in [0.25, 0.3) is 0 Å². The van der Waals surface area contributed by atoms with Crippen molar-refractivity contribution < 1.29 is 5.11 Å². The predicted molar refractivity (Wildman–Crippen MR) is 49.6 cm³/mol. The first kappa shape index (κ1) is 9.32. The van der Waals surface area contributed by atoms with Crippen LogP contribution in [0, 0.1) is 23.2 Å². The Balaban J connectivity index is 2.91. The number of rotatable bonds is 1. The highest BCUT2D eigenvalue weighted by atomic mass is 16.3. The van der Waals surface area contributed by atoms with Gasteiger partial charge < -0.3 is 5.11 Å². The molecule has 0 spiro atoms. The molecule has 0 radical (unpaired) electrons. The molecule has 1 N–H and O–H groups in total. The van der Waals surface area contributed by atoms with E-state index in [0.717, 1.165) is 0 Å². The standard InChI is InChI=1S/C11H9NO/c1-2-3-11(13)10-6-4-9(8-12)5-7-10/h4-7,11,13H,1H3. The molecule has 0 heterocycles. The van der Waals surface area contributed by atoms with Gasteiger partial charge in [0, 0.05) is 0 Å². The number of nitrogens with zero attached hydrogens (tertiary/aromatic N) is 1. The first-order valence-electron chi connectivity index (χ1n) is 3.88. The lowest BCUT2D eigenvalue weighted by Gasteiger charge is -2.02. The fourth-order valence-electron chi connectivity index (χ4n) is 0.960. The highest BCUT2D eigenvalue weighted by Crippen LogP contribution is 2.12. The maximum Gasteiger partial charge on any atom is 0.140 e. The summed E-state index contributed by atoms with van der Waals surface area (Å²) in [6.07, 6.45) is -0.752. The Kier molecular flexibility index (Phi) is 3.09. The van der Waals surface area contributed by atoms with Gasteiger partial charge in [-0.3, -0.25) is 0 Å². The molecule has 1 unspecified atom stereocenters. The van der Waals surface area contributed by atoms with E-state index < -0.39 is 6.10 Å². The zero-order valence-electron chi connectivity index (χ0n) is 7.28. The molecule has 1 aromatic rings. The van der Waals surface area contributed by atoms with Crippen molar-refractivity contribution in [3.63, 3.8) is 0 Å². The summed E-state index contributed by atoms with van der Waals surface area (Å²) in [5, 5.41) is 18.0.